The van der Waals surface area contributed by atoms with Crippen LogP contribution in [-0.2, 0) is 6.42 Å². The highest BCUT2D eigenvalue weighted by Gasteiger charge is 2.14. The Morgan fingerprint density at radius 3 is 2.82 bits per heavy atom. The molecular formula is C13H12N2O2. The molecule has 4 heteroatoms. The van der Waals surface area contributed by atoms with Gasteiger partial charge in [-0.2, -0.15) is 0 Å². The minimum absolute atomic E-state index is 0.224. The average Bonchev–Trinajstić information content (AvgIpc) is 2.97. The molecule has 2 aromatic heterocycles. The molecule has 0 spiro atoms. The van der Waals surface area contributed by atoms with Crippen molar-refractivity contribution in [2.24, 2.45) is 5.73 Å². The lowest BCUT2D eigenvalue weighted by molar-refractivity contribution is 0.434. The summed E-state index contributed by atoms with van der Waals surface area (Å²) in [5, 5.41) is 0. The monoisotopic (exact) mass is 228 g/mol. The van der Waals surface area contributed by atoms with Gasteiger partial charge < -0.3 is 14.6 Å². The number of furan rings is 1. The van der Waals surface area contributed by atoms with Crippen LogP contribution in [-0.4, -0.2) is 4.98 Å². The number of nitrogens with two attached hydrogens (primary N) is 1. The molecule has 0 amide bonds. The number of nitrogens with zero attached hydrogens (tertiary/aromatic N) is 1. The van der Waals surface area contributed by atoms with E-state index in [1.165, 1.54) is 0 Å². The van der Waals surface area contributed by atoms with Crippen molar-refractivity contribution in [3.63, 3.8) is 0 Å². The number of hydrogen-bond acceptors (Lipinski definition) is 4. The quantitative estimate of drug-likeness (QED) is 0.748. The number of hydrogen-bond donors (Lipinski definition) is 1. The largest absolute Gasteiger partial charge is 0.468 e. The lowest BCUT2D eigenvalue weighted by atomic mass is 10.2. The first-order chi connectivity index (χ1) is 8.33. The van der Waals surface area contributed by atoms with Crippen molar-refractivity contribution in [2.45, 2.75) is 12.5 Å². The molecule has 0 radical (unpaired) electrons. The number of benzene rings is 1. The second-order valence-electron chi connectivity index (χ2n) is 3.90. The zero-order valence-corrected chi connectivity index (χ0v) is 9.17. The molecule has 3 rings (SSSR count). The van der Waals surface area contributed by atoms with Crippen molar-refractivity contribution >= 4 is 11.1 Å². The second-order valence-corrected chi connectivity index (χ2v) is 3.90. The number of oxazole rings is 1. The van der Waals surface area contributed by atoms with E-state index in [-0.39, 0.29) is 6.04 Å². The summed E-state index contributed by atoms with van der Waals surface area (Å²) < 4.78 is 10.9. The molecule has 17 heavy (non-hydrogen) atoms. The highest BCUT2D eigenvalue weighted by molar-refractivity contribution is 5.72. The van der Waals surface area contributed by atoms with Crippen LogP contribution >= 0.6 is 0 Å². The number of rotatable bonds is 3. The van der Waals surface area contributed by atoms with E-state index in [1.54, 1.807) is 6.26 Å². The van der Waals surface area contributed by atoms with E-state index < -0.39 is 0 Å². The SMILES string of the molecule is NC(Cc1nc2ccccc2o1)c1ccco1. The number of para-hydroxylation sites is 2. The second kappa shape index (κ2) is 4.07. The van der Waals surface area contributed by atoms with E-state index >= 15 is 0 Å². The van der Waals surface area contributed by atoms with E-state index in [2.05, 4.69) is 4.98 Å². The van der Waals surface area contributed by atoms with Gasteiger partial charge in [0, 0.05) is 6.42 Å². The molecule has 0 fully saturated rings. The van der Waals surface area contributed by atoms with Crippen molar-refractivity contribution < 1.29 is 8.83 Å². The van der Waals surface area contributed by atoms with Crippen LogP contribution in [0.15, 0.2) is 51.5 Å². The molecule has 0 saturated heterocycles. The molecule has 1 atom stereocenters. The zero-order valence-electron chi connectivity index (χ0n) is 9.17. The van der Waals surface area contributed by atoms with Crippen LogP contribution in [0.2, 0.25) is 0 Å². The Balaban J connectivity index is 1.85. The topological polar surface area (TPSA) is 65.2 Å². The van der Waals surface area contributed by atoms with E-state index in [0.717, 1.165) is 16.9 Å². The van der Waals surface area contributed by atoms with Crippen LogP contribution in [0.3, 0.4) is 0 Å². The smallest absolute Gasteiger partial charge is 0.197 e. The highest BCUT2D eigenvalue weighted by atomic mass is 16.3. The maximum absolute atomic E-state index is 6.00. The van der Waals surface area contributed by atoms with Gasteiger partial charge >= 0.3 is 0 Å². The van der Waals surface area contributed by atoms with Crippen molar-refractivity contribution in [3.8, 4) is 0 Å². The van der Waals surface area contributed by atoms with Gasteiger partial charge in [-0.05, 0) is 24.3 Å². The third-order valence-electron chi connectivity index (χ3n) is 2.64. The summed E-state index contributed by atoms with van der Waals surface area (Å²) >= 11 is 0. The molecule has 2 N–H and O–H groups in total. The van der Waals surface area contributed by atoms with Crippen LogP contribution < -0.4 is 5.73 Å². The minimum Gasteiger partial charge on any atom is -0.468 e. The van der Waals surface area contributed by atoms with Crippen molar-refractivity contribution in [3.05, 3.63) is 54.3 Å². The maximum atomic E-state index is 6.00. The summed E-state index contributed by atoms with van der Waals surface area (Å²) in [7, 11) is 0. The third-order valence-corrected chi connectivity index (χ3v) is 2.64. The Kier molecular flexibility index (Phi) is 2.42. The Bertz CT molecular complexity index is 580. The van der Waals surface area contributed by atoms with Crippen LogP contribution in [0, 0.1) is 0 Å². The molecule has 2 heterocycles. The van der Waals surface area contributed by atoms with Gasteiger partial charge in [0.05, 0.1) is 12.3 Å². The normalized spacial score (nSPS) is 13.0. The van der Waals surface area contributed by atoms with Gasteiger partial charge in [-0.3, -0.25) is 0 Å². The molecule has 86 valence electrons. The molecule has 4 nitrogen and oxygen atoms in total. The van der Waals surface area contributed by atoms with Gasteiger partial charge in [-0.1, -0.05) is 12.1 Å². The van der Waals surface area contributed by atoms with Crippen molar-refractivity contribution in [1.82, 2.24) is 4.98 Å². The lowest BCUT2D eigenvalue weighted by Gasteiger charge is -2.04. The third kappa shape index (κ3) is 1.94. The van der Waals surface area contributed by atoms with E-state index in [9.17, 15) is 0 Å². The summed E-state index contributed by atoms with van der Waals surface area (Å²) in [6.07, 6.45) is 2.14. The predicted molar refractivity (Wildman–Crippen MR) is 63.3 cm³/mol. The molecule has 0 aliphatic heterocycles. The summed E-state index contributed by atoms with van der Waals surface area (Å²) in [6, 6.07) is 11.1. The fraction of sp³-hybridized carbons (Fsp3) is 0.154. The van der Waals surface area contributed by atoms with Crippen LogP contribution in [0.4, 0.5) is 0 Å². The summed E-state index contributed by atoms with van der Waals surface area (Å²) in [5.41, 5.74) is 7.64. The van der Waals surface area contributed by atoms with Gasteiger partial charge in [-0.15, -0.1) is 0 Å². The fourth-order valence-corrected chi connectivity index (χ4v) is 1.80. The average molecular weight is 228 g/mol. The Morgan fingerprint density at radius 1 is 1.18 bits per heavy atom. The van der Waals surface area contributed by atoms with Gasteiger partial charge in [0.1, 0.15) is 11.3 Å². The minimum atomic E-state index is -0.224. The molecule has 1 unspecified atom stereocenters. The molecular weight excluding hydrogens is 216 g/mol. The molecule has 0 saturated carbocycles. The van der Waals surface area contributed by atoms with E-state index in [4.69, 9.17) is 14.6 Å². The lowest BCUT2D eigenvalue weighted by Crippen LogP contribution is -2.12. The Labute approximate surface area is 98.0 Å². The molecule has 0 bridgehead atoms. The summed E-state index contributed by atoms with van der Waals surface area (Å²) in [4.78, 5) is 4.37. The molecule has 0 aliphatic carbocycles. The standard InChI is InChI=1S/C13H12N2O2/c14-9(11-6-3-7-16-11)8-13-15-10-4-1-2-5-12(10)17-13/h1-7,9H,8,14H2. The Hall–Kier alpha value is -2.07. The zero-order chi connectivity index (χ0) is 11.7. The number of fused-ring (bicyclic) bond motifs is 1. The molecule has 1 aromatic carbocycles. The molecule has 3 aromatic rings. The van der Waals surface area contributed by atoms with Gasteiger partial charge in [-0.25, -0.2) is 4.98 Å². The Morgan fingerprint density at radius 2 is 2.06 bits per heavy atom. The summed E-state index contributed by atoms with van der Waals surface area (Å²) in [6.45, 7) is 0. The van der Waals surface area contributed by atoms with Gasteiger partial charge in [0.15, 0.2) is 11.5 Å². The van der Waals surface area contributed by atoms with E-state index in [1.807, 2.05) is 36.4 Å². The van der Waals surface area contributed by atoms with Crippen LogP contribution in [0.25, 0.3) is 11.1 Å². The van der Waals surface area contributed by atoms with Gasteiger partial charge in [0.2, 0.25) is 0 Å². The predicted octanol–water partition coefficient (Wildman–Crippen LogP) is 2.66. The first kappa shape index (κ1) is 10.1. The fourth-order valence-electron chi connectivity index (χ4n) is 1.80. The van der Waals surface area contributed by atoms with Crippen molar-refractivity contribution in [2.75, 3.05) is 0 Å². The summed E-state index contributed by atoms with van der Waals surface area (Å²) in [5.74, 6) is 1.38. The van der Waals surface area contributed by atoms with Gasteiger partial charge in [0.25, 0.3) is 0 Å². The highest BCUT2D eigenvalue weighted by Crippen LogP contribution is 2.20. The first-order valence-corrected chi connectivity index (χ1v) is 5.46. The first-order valence-electron chi connectivity index (χ1n) is 5.46. The van der Waals surface area contributed by atoms with E-state index in [0.29, 0.717) is 12.3 Å². The molecule has 0 aliphatic rings. The maximum Gasteiger partial charge on any atom is 0.197 e. The van der Waals surface area contributed by atoms with Crippen molar-refractivity contribution in [1.29, 1.82) is 0 Å². The van der Waals surface area contributed by atoms with Crippen LogP contribution in [0.5, 0.6) is 0 Å². The van der Waals surface area contributed by atoms with Crippen LogP contribution in [0.1, 0.15) is 17.7 Å². The number of aromatic nitrogens is 1.